The number of rotatable bonds is 4. The molecule has 4 heteroatoms. The first kappa shape index (κ1) is 10.6. The molecular formula is C10H15N3O. The summed E-state index contributed by atoms with van der Waals surface area (Å²) in [4.78, 5) is 19.4. The van der Waals surface area contributed by atoms with Gasteiger partial charge in [0.25, 0.3) is 5.91 Å². The topological polar surface area (TPSA) is 54.9 Å². The highest BCUT2D eigenvalue weighted by atomic mass is 16.1. The number of aromatic nitrogens is 2. The third-order valence-electron chi connectivity index (χ3n) is 1.82. The molecule has 0 saturated carbocycles. The second kappa shape index (κ2) is 5.32. The van der Waals surface area contributed by atoms with Crippen molar-refractivity contribution >= 4 is 5.91 Å². The molecule has 76 valence electrons. The van der Waals surface area contributed by atoms with Gasteiger partial charge in [-0.3, -0.25) is 4.79 Å². The molecule has 0 radical (unpaired) electrons. The fourth-order valence-electron chi connectivity index (χ4n) is 1.05. The minimum atomic E-state index is -0.121. The van der Waals surface area contributed by atoms with Crippen LogP contribution in [-0.4, -0.2) is 22.4 Å². The normalized spacial score (nSPS) is 9.86. The van der Waals surface area contributed by atoms with Gasteiger partial charge in [0.15, 0.2) is 0 Å². The van der Waals surface area contributed by atoms with Crippen molar-refractivity contribution in [3.05, 3.63) is 23.8 Å². The lowest BCUT2D eigenvalue weighted by molar-refractivity contribution is 0.0947. The molecule has 0 aliphatic rings. The van der Waals surface area contributed by atoms with Gasteiger partial charge in [-0.15, -0.1) is 0 Å². The zero-order valence-electron chi connectivity index (χ0n) is 8.58. The fraction of sp³-hybridized carbons (Fsp3) is 0.500. The molecule has 0 saturated heterocycles. The van der Waals surface area contributed by atoms with Gasteiger partial charge in [0.1, 0.15) is 11.5 Å². The van der Waals surface area contributed by atoms with Crippen LogP contribution in [0.3, 0.4) is 0 Å². The number of unbranched alkanes of at least 4 members (excludes halogenated alkanes) is 1. The predicted molar refractivity (Wildman–Crippen MR) is 54.0 cm³/mol. The van der Waals surface area contributed by atoms with Crippen LogP contribution in [0.2, 0.25) is 0 Å². The molecule has 1 heterocycles. The summed E-state index contributed by atoms with van der Waals surface area (Å²) in [6, 6.07) is 1.62. The summed E-state index contributed by atoms with van der Waals surface area (Å²) in [5.41, 5.74) is 0.439. The second-order valence-corrected chi connectivity index (χ2v) is 3.10. The molecule has 0 spiro atoms. The number of carbonyl (C=O) groups excluding carboxylic acids is 1. The maximum absolute atomic E-state index is 11.5. The number of nitrogens with one attached hydrogen (secondary N) is 1. The van der Waals surface area contributed by atoms with E-state index in [0.717, 1.165) is 12.8 Å². The third kappa shape index (κ3) is 3.12. The molecule has 1 amide bonds. The van der Waals surface area contributed by atoms with Crippen molar-refractivity contribution in [2.24, 2.45) is 0 Å². The van der Waals surface area contributed by atoms with Crippen LogP contribution >= 0.6 is 0 Å². The Balaban J connectivity index is 2.52. The van der Waals surface area contributed by atoms with E-state index in [-0.39, 0.29) is 5.91 Å². The van der Waals surface area contributed by atoms with E-state index in [0.29, 0.717) is 18.1 Å². The fourth-order valence-corrected chi connectivity index (χ4v) is 1.05. The maximum atomic E-state index is 11.5. The number of nitrogens with zero attached hydrogens (tertiary/aromatic N) is 2. The number of carbonyl (C=O) groups is 1. The van der Waals surface area contributed by atoms with Crippen LogP contribution in [0.25, 0.3) is 0 Å². The van der Waals surface area contributed by atoms with Gasteiger partial charge in [0, 0.05) is 12.7 Å². The van der Waals surface area contributed by atoms with Crippen LogP contribution in [-0.2, 0) is 0 Å². The van der Waals surface area contributed by atoms with Gasteiger partial charge >= 0.3 is 0 Å². The lowest BCUT2D eigenvalue weighted by Crippen LogP contribution is -2.25. The number of hydrogen-bond acceptors (Lipinski definition) is 3. The first-order chi connectivity index (χ1) is 6.74. The monoisotopic (exact) mass is 193 g/mol. The van der Waals surface area contributed by atoms with Crippen molar-refractivity contribution in [1.82, 2.24) is 15.3 Å². The molecule has 4 nitrogen and oxygen atoms in total. The molecule has 14 heavy (non-hydrogen) atoms. The van der Waals surface area contributed by atoms with E-state index in [2.05, 4.69) is 22.2 Å². The lowest BCUT2D eigenvalue weighted by Gasteiger charge is -2.03. The maximum Gasteiger partial charge on any atom is 0.270 e. The van der Waals surface area contributed by atoms with Gasteiger partial charge in [-0.05, 0) is 19.4 Å². The van der Waals surface area contributed by atoms with Crippen molar-refractivity contribution < 1.29 is 4.79 Å². The second-order valence-electron chi connectivity index (χ2n) is 3.10. The van der Waals surface area contributed by atoms with Crippen molar-refractivity contribution in [2.45, 2.75) is 26.7 Å². The molecule has 0 atom stereocenters. The van der Waals surface area contributed by atoms with Crippen molar-refractivity contribution in [2.75, 3.05) is 6.54 Å². The Morgan fingerprint density at radius 2 is 2.36 bits per heavy atom. The Labute approximate surface area is 83.8 Å². The molecule has 0 aliphatic carbocycles. The highest BCUT2D eigenvalue weighted by Gasteiger charge is 2.05. The summed E-state index contributed by atoms with van der Waals surface area (Å²) in [5.74, 6) is 0.497. The van der Waals surface area contributed by atoms with Crippen LogP contribution in [0.4, 0.5) is 0 Å². The summed E-state index contributed by atoms with van der Waals surface area (Å²) >= 11 is 0. The van der Waals surface area contributed by atoms with Crippen molar-refractivity contribution in [1.29, 1.82) is 0 Å². The van der Waals surface area contributed by atoms with Crippen molar-refractivity contribution in [3.8, 4) is 0 Å². The molecule has 0 aromatic carbocycles. The molecule has 0 fully saturated rings. The number of amides is 1. The summed E-state index contributed by atoms with van der Waals surface area (Å²) in [6.07, 6.45) is 3.66. The van der Waals surface area contributed by atoms with Gasteiger partial charge in [0.2, 0.25) is 0 Å². The van der Waals surface area contributed by atoms with Crippen molar-refractivity contribution in [3.63, 3.8) is 0 Å². The summed E-state index contributed by atoms with van der Waals surface area (Å²) in [7, 11) is 0. The lowest BCUT2D eigenvalue weighted by atomic mass is 10.3. The van der Waals surface area contributed by atoms with Crippen LogP contribution in [0, 0.1) is 6.92 Å². The smallest absolute Gasteiger partial charge is 0.270 e. The van der Waals surface area contributed by atoms with E-state index in [1.165, 1.54) is 0 Å². The van der Waals surface area contributed by atoms with Gasteiger partial charge in [-0.2, -0.15) is 0 Å². The Kier molecular flexibility index (Phi) is 4.04. The van der Waals surface area contributed by atoms with Crippen LogP contribution in [0.1, 0.15) is 36.1 Å². The van der Waals surface area contributed by atoms with Crippen LogP contribution in [0.5, 0.6) is 0 Å². The average molecular weight is 193 g/mol. The quantitative estimate of drug-likeness (QED) is 0.733. The van der Waals surface area contributed by atoms with Gasteiger partial charge in [0.05, 0.1) is 0 Å². The standard InChI is InChI=1S/C10H15N3O/c1-3-4-6-12-10(14)9-5-7-11-8(2)13-9/h5,7H,3-4,6H2,1-2H3,(H,12,14). The molecule has 0 bridgehead atoms. The first-order valence-corrected chi connectivity index (χ1v) is 4.82. The van der Waals surface area contributed by atoms with E-state index in [9.17, 15) is 4.79 Å². The third-order valence-corrected chi connectivity index (χ3v) is 1.82. The minimum Gasteiger partial charge on any atom is -0.351 e. The Morgan fingerprint density at radius 1 is 1.57 bits per heavy atom. The average Bonchev–Trinajstić information content (AvgIpc) is 2.18. The largest absolute Gasteiger partial charge is 0.351 e. The highest BCUT2D eigenvalue weighted by molar-refractivity contribution is 5.92. The van der Waals surface area contributed by atoms with E-state index >= 15 is 0 Å². The molecule has 1 aromatic rings. The molecule has 1 rings (SSSR count). The minimum absolute atomic E-state index is 0.121. The first-order valence-electron chi connectivity index (χ1n) is 4.82. The summed E-state index contributed by atoms with van der Waals surface area (Å²) in [6.45, 7) is 4.56. The van der Waals surface area contributed by atoms with Crippen LogP contribution in [0.15, 0.2) is 12.3 Å². The van der Waals surface area contributed by atoms with Gasteiger partial charge in [-0.1, -0.05) is 13.3 Å². The van der Waals surface area contributed by atoms with E-state index in [4.69, 9.17) is 0 Å². The summed E-state index contributed by atoms with van der Waals surface area (Å²) < 4.78 is 0. The van der Waals surface area contributed by atoms with E-state index in [1.807, 2.05) is 0 Å². The van der Waals surface area contributed by atoms with Gasteiger partial charge in [-0.25, -0.2) is 9.97 Å². The molecule has 1 aromatic heterocycles. The van der Waals surface area contributed by atoms with Gasteiger partial charge < -0.3 is 5.32 Å². The highest BCUT2D eigenvalue weighted by Crippen LogP contribution is 1.94. The molecule has 1 N–H and O–H groups in total. The van der Waals surface area contributed by atoms with E-state index < -0.39 is 0 Å². The van der Waals surface area contributed by atoms with E-state index in [1.54, 1.807) is 19.2 Å². The van der Waals surface area contributed by atoms with Crippen LogP contribution < -0.4 is 5.32 Å². The zero-order valence-corrected chi connectivity index (χ0v) is 8.58. The molecule has 0 unspecified atom stereocenters. The molecular weight excluding hydrogens is 178 g/mol. The number of hydrogen-bond donors (Lipinski definition) is 1. The Hall–Kier alpha value is -1.45. The Bertz CT molecular complexity index is 312. The zero-order chi connectivity index (χ0) is 10.4. The summed E-state index contributed by atoms with van der Waals surface area (Å²) in [5, 5.41) is 2.80. The predicted octanol–water partition coefficient (Wildman–Crippen LogP) is 1.31. The Morgan fingerprint density at radius 3 is 3.00 bits per heavy atom. The molecule has 0 aliphatic heterocycles. The number of aryl methyl sites for hydroxylation is 1. The SMILES string of the molecule is CCCCNC(=O)c1ccnc(C)n1.